The number of carboxylic acid groups (broad SMARTS) is 1. The van der Waals surface area contributed by atoms with Crippen molar-refractivity contribution in [2.24, 2.45) is 0 Å². The predicted octanol–water partition coefficient (Wildman–Crippen LogP) is 3.09. The van der Waals surface area contributed by atoms with Crippen molar-refractivity contribution >= 4 is 43.7 Å². The zero-order valence-electron chi connectivity index (χ0n) is 13.1. The maximum absolute atomic E-state index is 10.9. The minimum absolute atomic E-state index is 0. The first-order valence-corrected chi connectivity index (χ1v) is 6.93. The molecule has 0 amide bonds. The van der Waals surface area contributed by atoms with E-state index in [9.17, 15) is 4.79 Å². The van der Waals surface area contributed by atoms with Gasteiger partial charge in [0, 0.05) is 0 Å². The summed E-state index contributed by atoms with van der Waals surface area (Å²) in [5, 5.41) is 8.93. The Morgan fingerprint density at radius 1 is 1.23 bits per heavy atom. The molecule has 116 valence electrons. The van der Waals surface area contributed by atoms with Gasteiger partial charge < -0.3 is 9.84 Å². The van der Waals surface area contributed by atoms with Gasteiger partial charge in [0.1, 0.15) is 12.4 Å². The van der Waals surface area contributed by atoms with E-state index in [0.29, 0.717) is 6.61 Å². The normalized spacial score (nSPS) is 10.5. The number of rotatable bonds is 6. The molecule has 0 heterocycles. The van der Waals surface area contributed by atoms with E-state index in [1.54, 1.807) is 6.92 Å². The molecule has 22 heavy (non-hydrogen) atoms. The first-order chi connectivity index (χ1) is 9.93. The third kappa shape index (κ3) is 7.35. The molecule has 1 aromatic carbocycles. The fraction of sp³-hybridized carbons (Fsp3) is 0.389. The van der Waals surface area contributed by atoms with Crippen LogP contribution in [-0.4, -0.2) is 55.4 Å². The number of allylic oxidation sites excluding steroid dienone is 1. The van der Waals surface area contributed by atoms with Gasteiger partial charge in [-0.3, -0.25) is 4.79 Å². The third-order valence-electron chi connectivity index (χ3n) is 3.29. The Morgan fingerprint density at radius 2 is 1.82 bits per heavy atom. The van der Waals surface area contributed by atoms with Gasteiger partial charge in [-0.1, -0.05) is 23.6 Å². The Hall–Kier alpha value is -0.950. The first-order valence-electron chi connectivity index (χ1n) is 6.93. The van der Waals surface area contributed by atoms with Crippen molar-refractivity contribution in [3.63, 3.8) is 0 Å². The van der Waals surface area contributed by atoms with Crippen LogP contribution in [0, 0.1) is 11.8 Å². The molecule has 0 aromatic heterocycles. The molecule has 0 saturated heterocycles. The molecule has 1 atom stereocenters. The van der Waals surface area contributed by atoms with E-state index >= 15 is 0 Å². The average molecular weight is 328 g/mol. The molecule has 0 aliphatic rings. The zero-order chi connectivity index (χ0) is 15.8. The monoisotopic (exact) mass is 328 g/mol. The summed E-state index contributed by atoms with van der Waals surface area (Å²) in [7, 11) is 0. The van der Waals surface area contributed by atoms with Crippen molar-refractivity contribution in [3.8, 4) is 17.6 Å². The van der Waals surface area contributed by atoms with Crippen molar-refractivity contribution in [2.75, 3.05) is 6.61 Å². The number of ether oxygens (including phenoxy) is 1. The number of hydrogen-bond acceptors (Lipinski definition) is 2. The Kier molecular flexibility index (Phi) is 10.3. The Balaban J connectivity index is 0.00000441. The molecular formula is C18H24CaO3. The summed E-state index contributed by atoms with van der Waals surface area (Å²) in [6.07, 6.45) is 0.0118. The molecule has 0 spiro atoms. The fourth-order valence-corrected chi connectivity index (χ4v) is 1.73. The van der Waals surface area contributed by atoms with Crippen LogP contribution in [0.15, 0.2) is 35.4 Å². The van der Waals surface area contributed by atoms with Crippen molar-refractivity contribution in [1.82, 2.24) is 0 Å². The van der Waals surface area contributed by atoms with Gasteiger partial charge in [0.25, 0.3) is 0 Å². The second-order valence-electron chi connectivity index (χ2n) is 5.18. The van der Waals surface area contributed by atoms with Gasteiger partial charge in [0.15, 0.2) is 0 Å². The summed E-state index contributed by atoms with van der Waals surface area (Å²) < 4.78 is 5.69. The van der Waals surface area contributed by atoms with Gasteiger partial charge in [0.05, 0.1) is 12.3 Å². The van der Waals surface area contributed by atoms with Crippen LogP contribution >= 0.6 is 0 Å². The molecule has 1 unspecified atom stereocenters. The Labute approximate surface area is 162 Å². The summed E-state index contributed by atoms with van der Waals surface area (Å²) in [4.78, 5) is 10.9. The van der Waals surface area contributed by atoms with Crippen molar-refractivity contribution in [1.29, 1.82) is 0 Å². The molecule has 4 heteroatoms. The van der Waals surface area contributed by atoms with Crippen molar-refractivity contribution < 1.29 is 14.6 Å². The zero-order valence-corrected chi connectivity index (χ0v) is 13.1. The minimum atomic E-state index is -0.845. The van der Waals surface area contributed by atoms with Crippen LogP contribution in [0.4, 0.5) is 0 Å². The Morgan fingerprint density at radius 3 is 2.27 bits per heavy atom. The van der Waals surface area contributed by atoms with Crippen molar-refractivity contribution in [3.05, 3.63) is 41.0 Å². The first kappa shape index (κ1) is 21.0. The van der Waals surface area contributed by atoms with Gasteiger partial charge in [-0.05, 0) is 51.0 Å². The number of aliphatic carboxylic acids is 1. The second-order valence-corrected chi connectivity index (χ2v) is 5.18. The summed E-state index contributed by atoms with van der Waals surface area (Å²) in [5.41, 5.74) is 3.36. The van der Waals surface area contributed by atoms with Gasteiger partial charge in [-0.2, -0.15) is 0 Å². The molecular weight excluding hydrogens is 304 g/mol. The molecule has 1 aromatic rings. The van der Waals surface area contributed by atoms with E-state index in [1.807, 2.05) is 31.2 Å². The Bertz CT molecular complexity index is 573. The number of carboxylic acids is 1. The van der Waals surface area contributed by atoms with Crippen LogP contribution < -0.4 is 4.74 Å². The third-order valence-corrected chi connectivity index (χ3v) is 3.29. The topological polar surface area (TPSA) is 46.5 Å². The fourth-order valence-electron chi connectivity index (χ4n) is 1.73. The SMILES string of the molecule is CC#CC(CC(=O)O)c1ccc(OCC(C)=C(C)C)cc1.[CaH2]. The van der Waals surface area contributed by atoms with Crippen molar-refractivity contribution in [2.45, 2.75) is 40.0 Å². The van der Waals surface area contributed by atoms with Crippen LogP contribution in [0.5, 0.6) is 5.75 Å². The molecule has 0 bridgehead atoms. The second kappa shape index (κ2) is 10.7. The molecule has 1 rings (SSSR count). The van der Waals surface area contributed by atoms with E-state index in [1.165, 1.54) is 11.1 Å². The molecule has 0 saturated carbocycles. The predicted molar refractivity (Wildman–Crippen MR) is 93.0 cm³/mol. The average Bonchev–Trinajstić information content (AvgIpc) is 2.44. The quantitative estimate of drug-likeness (QED) is 0.496. The van der Waals surface area contributed by atoms with E-state index in [-0.39, 0.29) is 50.1 Å². The number of carbonyl (C=O) groups is 1. The van der Waals surface area contributed by atoms with Gasteiger partial charge >= 0.3 is 43.7 Å². The summed E-state index contributed by atoms with van der Waals surface area (Å²) in [6, 6.07) is 7.48. The number of benzene rings is 1. The maximum atomic E-state index is 10.9. The van der Waals surface area contributed by atoms with Crippen LogP contribution in [-0.2, 0) is 4.79 Å². The van der Waals surface area contributed by atoms with E-state index < -0.39 is 5.97 Å². The standard InChI is InChI=1S/C18H22O3.Ca.2H/c1-5-6-16(11-18(19)20)15-7-9-17(10-8-15)21-12-14(4)13(2)3;;;/h7-10,16H,11-12H2,1-4H3,(H,19,20);;;. The van der Waals surface area contributed by atoms with Gasteiger partial charge in [-0.25, -0.2) is 0 Å². The van der Waals surface area contributed by atoms with E-state index in [2.05, 4.69) is 25.7 Å². The summed E-state index contributed by atoms with van der Waals surface area (Å²) in [6.45, 7) is 8.44. The van der Waals surface area contributed by atoms with Gasteiger partial charge in [-0.15, -0.1) is 5.92 Å². The molecule has 0 radical (unpaired) electrons. The summed E-state index contributed by atoms with van der Waals surface area (Å²) >= 11 is 0. The summed E-state index contributed by atoms with van der Waals surface area (Å²) in [5.74, 6) is 5.38. The van der Waals surface area contributed by atoms with Crippen LogP contribution in [0.2, 0.25) is 0 Å². The van der Waals surface area contributed by atoms with Crippen LogP contribution in [0.1, 0.15) is 45.6 Å². The van der Waals surface area contributed by atoms with E-state index in [0.717, 1.165) is 11.3 Å². The number of hydrogen-bond donors (Lipinski definition) is 1. The van der Waals surface area contributed by atoms with E-state index in [4.69, 9.17) is 9.84 Å². The molecule has 0 aliphatic carbocycles. The molecule has 0 fully saturated rings. The van der Waals surface area contributed by atoms with Gasteiger partial charge in [0.2, 0.25) is 0 Å². The molecule has 1 N–H and O–H groups in total. The molecule has 3 nitrogen and oxygen atoms in total. The molecule has 0 aliphatic heterocycles. The van der Waals surface area contributed by atoms with Crippen LogP contribution in [0.25, 0.3) is 0 Å². The van der Waals surface area contributed by atoms with Crippen LogP contribution in [0.3, 0.4) is 0 Å².